The fraction of sp³-hybridized carbons (Fsp3) is 0.250. The molecule has 0 aliphatic heterocycles. The number of hydrogen-bond donors (Lipinski definition) is 1. The summed E-state index contributed by atoms with van der Waals surface area (Å²) in [5.41, 5.74) is 4.60. The first-order valence-corrected chi connectivity index (χ1v) is 4.00. The molecule has 0 aliphatic rings. The molecule has 0 aliphatic carbocycles. The van der Waals surface area contributed by atoms with Gasteiger partial charge in [0.05, 0.1) is 11.4 Å². The lowest BCUT2D eigenvalue weighted by atomic mass is 10.1. The maximum absolute atomic E-state index is 12.3. The summed E-state index contributed by atoms with van der Waals surface area (Å²) in [5.74, 6) is -0.235. The summed E-state index contributed by atoms with van der Waals surface area (Å²) in [5, 5.41) is 0. The Balaban J connectivity index is 0.00000169. The Bertz CT molecular complexity index is 312. The molecule has 1 aromatic rings. The van der Waals surface area contributed by atoms with Crippen molar-refractivity contribution in [2.75, 3.05) is 5.73 Å². The maximum Gasteiger partial charge on any atom is 0.416 e. The lowest BCUT2D eigenvalue weighted by Crippen LogP contribution is -2.10. The van der Waals surface area contributed by atoms with E-state index in [4.69, 9.17) is 17.3 Å². The van der Waals surface area contributed by atoms with E-state index >= 15 is 0 Å². The highest BCUT2D eigenvalue weighted by Gasteiger charge is 2.33. The topological polar surface area (TPSA) is 26.0 Å². The Hall–Kier alpha value is -0.610. The number of benzene rings is 1. The van der Waals surface area contributed by atoms with Crippen LogP contribution < -0.4 is 5.73 Å². The lowest BCUT2D eigenvalue weighted by molar-refractivity contribution is -0.138. The van der Waals surface area contributed by atoms with E-state index in [1.807, 2.05) is 0 Å². The average Bonchev–Trinajstić information content (AvgIpc) is 2.02. The zero-order valence-electron chi connectivity index (χ0n) is 6.94. The second-order valence-corrected chi connectivity index (χ2v) is 2.77. The molecule has 0 aromatic heterocycles. The van der Waals surface area contributed by atoms with Crippen LogP contribution >= 0.6 is 24.0 Å². The van der Waals surface area contributed by atoms with Crippen molar-refractivity contribution < 1.29 is 13.2 Å². The number of nitrogens with two attached hydrogens (primary N) is 1. The van der Waals surface area contributed by atoms with Gasteiger partial charge in [-0.2, -0.15) is 13.2 Å². The third kappa shape index (κ3) is 2.69. The molecule has 0 heterocycles. The Morgan fingerprint density at radius 1 is 1.29 bits per heavy atom. The molecule has 0 spiro atoms. The summed E-state index contributed by atoms with van der Waals surface area (Å²) in [6.45, 7) is 0. The highest BCUT2D eigenvalue weighted by molar-refractivity contribution is 6.17. The van der Waals surface area contributed by atoms with Crippen LogP contribution in [0.3, 0.4) is 0 Å². The van der Waals surface area contributed by atoms with Gasteiger partial charge in [0.25, 0.3) is 0 Å². The molecule has 0 saturated carbocycles. The smallest absolute Gasteiger partial charge is 0.398 e. The van der Waals surface area contributed by atoms with Crippen molar-refractivity contribution in [3.8, 4) is 0 Å². The van der Waals surface area contributed by atoms with Gasteiger partial charge >= 0.3 is 6.18 Å². The number of nitrogen functional groups attached to an aromatic ring is 1. The molecule has 0 amide bonds. The van der Waals surface area contributed by atoms with E-state index in [-0.39, 0.29) is 29.5 Å². The third-order valence-electron chi connectivity index (χ3n) is 1.65. The van der Waals surface area contributed by atoms with Crippen LogP contribution in [0.25, 0.3) is 0 Å². The molecular weight excluding hydrogens is 238 g/mol. The van der Waals surface area contributed by atoms with Crippen LogP contribution in [-0.2, 0) is 12.1 Å². The van der Waals surface area contributed by atoms with Crippen molar-refractivity contribution >= 4 is 29.7 Å². The minimum Gasteiger partial charge on any atom is -0.398 e. The van der Waals surface area contributed by atoms with E-state index in [0.717, 1.165) is 6.07 Å². The molecule has 6 heteroatoms. The minimum atomic E-state index is -4.39. The van der Waals surface area contributed by atoms with Crippen LogP contribution in [0.1, 0.15) is 11.1 Å². The van der Waals surface area contributed by atoms with Crippen molar-refractivity contribution in [2.24, 2.45) is 0 Å². The van der Waals surface area contributed by atoms with Gasteiger partial charge in [-0.1, -0.05) is 6.07 Å². The van der Waals surface area contributed by atoms with Gasteiger partial charge in [0, 0.05) is 11.3 Å². The summed E-state index contributed by atoms with van der Waals surface area (Å²) < 4.78 is 36.9. The van der Waals surface area contributed by atoms with E-state index in [2.05, 4.69) is 0 Å². The highest BCUT2D eigenvalue weighted by atomic mass is 35.5. The van der Waals surface area contributed by atoms with Crippen LogP contribution in [0.4, 0.5) is 18.9 Å². The second-order valence-electron chi connectivity index (χ2n) is 2.50. The molecule has 1 aromatic carbocycles. The molecule has 80 valence electrons. The number of halogens is 5. The summed E-state index contributed by atoms with van der Waals surface area (Å²) >= 11 is 5.36. The van der Waals surface area contributed by atoms with E-state index in [9.17, 15) is 13.2 Å². The number of rotatable bonds is 1. The van der Waals surface area contributed by atoms with Crippen molar-refractivity contribution in [3.63, 3.8) is 0 Å². The molecular formula is C8H8Cl2F3N. The Labute approximate surface area is 90.5 Å². The number of alkyl halides is 4. The van der Waals surface area contributed by atoms with E-state index in [1.54, 1.807) is 0 Å². The molecule has 1 nitrogen and oxygen atoms in total. The van der Waals surface area contributed by atoms with Crippen molar-refractivity contribution in [3.05, 3.63) is 29.3 Å². The predicted molar refractivity (Wildman–Crippen MR) is 52.7 cm³/mol. The van der Waals surface area contributed by atoms with Crippen LogP contribution in [0.2, 0.25) is 0 Å². The van der Waals surface area contributed by atoms with Crippen LogP contribution in [0.5, 0.6) is 0 Å². The Morgan fingerprint density at radius 3 is 2.21 bits per heavy atom. The summed E-state index contributed by atoms with van der Waals surface area (Å²) in [4.78, 5) is 0. The molecule has 0 unspecified atom stereocenters. The zero-order chi connectivity index (χ0) is 10.1. The fourth-order valence-corrected chi connectivity index (χ4v) is 1.32. The fourth-order valence-electron chi connectivity index (χ4n) is 1.02. The standard InChI is InChI=1S/C8H7ClF3N.ClH/c9-4-5-6(8(10,11)12)2-1-3-7(5)13;/h1-3H,4,13H2;1H. The first-order chi connectivity index (χ1) is 5.96. The summed E-state index contributed by atoms with van der Waals surface area (Å²) in [6.07, 6.45) is -4.39. The van der Waals surface area contributed by atoms with Crippen LogP contribution in [-0.4, -0.2) is 0 Å². The van der Waals surface area contributed by atoms with E-state index in [1.165, 1.54) is 12.1 Å². The van der Waals surface area contributed by atoms with Crippen LogP contribution in [0, 0.1) is 0 Å². The summed E-state index contributed by atoms with van der Waals surface area (Å²) in [6, 6.07) is 3.62. The van der Waals surface area contributed by atoms with E-state index < -0.39 is 11.7 Å². The highest BCUT2D eigenvalue weighted by Crippen LogP contribution is 2.34. The van der Waals surface area contributed by atoms with Gasteiger partial charge in [0.1, 0.15) is 0 Å². The van der Waals surface area contributed by atoms with Gasteiger partial charge < -0.3 is 5.73 Å². The van der Waals surface area contributed by atoms with Gasteiger partial charge in [-0.05, 0) is 12.1 Å². The van der Waals surface area contributed by atoms with Gasteiger partial charge in [-0.15, -0.1) is 24.0 Å². The molecule has 0 fully saturated rings. The Kier molecular flexibility index (Phi) is 4.55. The largest absolute Gasteiger partial charge is 0.416 e. The second kappa shape index (κ2) is 4.75. The zero-order valence-corrected chi connectivity index (χ0v) is 8.51. The van der Waals surface area contributed by atoms with Gasteiger partial charge in [-0.25, -0.2) is 0 Å². The molecule has 14 heavy (non-hydrogen) atoms. The monoisotopic (exact) mass is 245 g/mol. The van der Waals surface area contributed by atoms with Gasteiger partial charge in [0.15, 0.2) is 0 Å². The van der Waals surface area contributed by atoms with Gasteiger partial charge in [-0.3, -0.25) is 0 Å². The van der Waals surface area contributed by atoms with Crippen molar-refractivity contribution in [1.82, 2.24) is 0 Å². The molecule has 0 radical (unpaired) electrons. The molecule has 0 saturated heterocycles. The SMILES string of the molecule is Cl.Nc1cccc(C(F)(F)F)c1CCl. The molecule has 0 atom stereocenters. The van der Waals surface area contributed by atoms with E-state index in [0.29, 0.717) is 0 Å². The predicted octanol–water partition coefficient (Wildman–Crippen LogP) is 3.45. The minimum absolute atomic E-state index is 0. The van der Waals surface area contributed by atoms with Crippen LogP contribution in [0.15, 0.2) is 18.2 Å². The Morgan fingerprint density at radius 2 is 1.86 bits per heavy atom. The molecule has 0 bridgehead atoms. The number of hydrogen-bond acceptors (Lipinski definition) is 1. The summed E-state index contributed by atoms with van der Waals surface area (Å²) in [7, 11) is 0. The first kappa shape index (κ1) is 13.4. The molecule has 1 rings (SSSR count). The average molecular weight is 246 g/mol. The van der Waals surface area contributed by atoms with Crippen molar-refractivity contribution in [1.29, 1.82) is 0 Å². The molecule has 2 N–H and O–H groups in total. The lowest BCUT2D eigenvalue weighted by Gasteiger charge is -2.12. The first-order valence-electron chi connectivity index (χ1n) is 3.47. The van der Waals surface area contributed by atoms with Gasteiger partial charge in [0.2, 0.25) is 0 Å². The normalized spacial score (nSPS) is 10.9. The van der Waals surface area contributed by atoms with Crippen molar-refractivity contribution in [2.45, 2.75) is 12.1 Å². The third-order valence-corrected chi connectivity index (χ3v) is 1.92. The maximum atomic E-state index is 12.3. The quantitative estimate of drug-likeness (QED) is 0.596. The number of anilines is 1.